The summed E-state index contributed by atoms with van der Waals surface area (Å²) in [6.07, 6.45) is 2.44. The van der Waals surface area contributed by atoms with E-state index in [1.54, 1.807) is 0 Å². The molecule has 1 aromatic carbocycles. The molecule has 1 aromatic rings. The van der Waals surface area contributed by atoms with E-state index in [1.165, 1.54) is 0 Å². The molecular weight excluding hydrogens is 270 g/mol. The highest BCUT2D eigenvalue weighted by Crippen LogP contribution is 2.34. The lowest BCUT2D eigenvalue weighted by molar-refractivity contribution is 0.0908. The van der Waals surface area contributed by atoms with Crippen LogP contribution in [-0.4, -0.2) is 44.2 Å². The van der Waals surface area contributed by atoms with Crippen LogP contribution in [0.4, 0.5) is 0 Å². The van der Waals surface area contributed by atoms with Gasteiger partial charge in [0.15, 0.2) is 11.5 Å². The number of fused-ring (bicyclic) bond motifs is 1. The Kier molecular flexibility index (Phi) is 4.33. The van der Waals surface area contributed by atoms with E-state index in [9.17, 15) is 5.11 Å². The van der Waals surface area contributed by atoms with Gasteiger partial charge in [0.25, 0.3) is 0 Å². The van der Waals surface area contributed by atoms with Crippen LogP contribution in [0.15, 0.2) is 18.2 Å². The van der Waals surface area contributed by atoms with Gasteiger partial charge in [0.2, 0.25) is 0 Å². The van der Waals surface area contributed by atoms with E-state index in [0.29, 0.717) is 13.2 Å². The second-order valence-corrected chi connectivity index (χ2v) is 5.86. The van der Waals surface area contributed by atoms with Crippen molar-refractivity contribution in [2.45, 2.75) is 31.4 Å². The molecule has 2 heterocycles. The molecule has 0 amide bonds. The van der Waals surface area contributed by atoms with Crippen molar-refractivity contribution < 1.29 is 19.3 Å². The molecule has 0 aromatic heterocycles. The van der Waals surface area contributed by atoms with E-state index in [0.717, 1.165) is 43.1 Å². The van der Waals surface area contributed by atoms with E-state index < -0.39 is 5.54 Å². The first kappa shape index (κ1) is 14.6. The lowest BCUT2D eigenvalue weighted by Crippen LogP contribution is -2.46. The fourth-order valence-electron chi connectivity index (χ4n) is 2.78. The zero-order chi connectivity index (χ0) is 14.7. The molecule has 5 heteroatoms. The second-order valence-electron chi connectivity index (χ2n) is 5.86. The van der Waals surface area contributed by atoms with E-state index >= 15 is 0 Å². The van der Waals surface area contributed by atoms with Crippen LogP contribution in [0.25, 0.3) is 0 Å². The third-order valence-electron chi connectivity index (χ3n) is 4.24. The lowest BCUT2D eigenvalue weighted by Gasteiger charge is -2.32. The maximum Gasteiger partial charge on any atom is 0.161 e. The first-order valence-electron chi connectivity index (χ1n) is 7.59. The normalized spacial score (nSPS) is 23.8. The number of hydrogen-bond donors (Lipinski definition) is 2. The molecule has 2 aliphatic heterocycles. The van der Waals surface area contributed by atoms with Crippen LogP contribution < -0.4 is 14.8 Å². The van der Waals surface area contributed by atoms with Gasteiger partial charge in [-0.25, -0.2) is 0 Å². The molecule has 2 unspecified atom stereocenters. The van der Waals surface area contributed by atoms with Gasteiger partial charge < -0.3 is 24.6 Å². The van der Waals surface area contributed by atoms with Gasteiger partial charge in [0.1, 0.15) is 13.2 Å². The molecule has 2 N–H and O–H groups in total. The van der Waals surface area contributed by atoms with Crippen molar-refractivity contribution in [3.8, 4) is 11.5 Å². The molecule has 3 rings (SSSR count). The smallest absolute Gasteiger partial charge is 0.161 e. The Hall–Kier alpha value is -1.30. The highest BCUT2D eigenvalue weighted by atomic mass is 16.6. The second kappa shape index (κ2) is 6.22. The molecule has 21 heavy (non-hydrogen) atoms. The minimum Gasteiger partial charge on any atom is -0.486 e. The Morgan fingerprint density at radius 1 is 1.24 bits per heavy atom. The first-order valence-corrected chi connectivity index (χ1v) is 7.59. The largest absolute Gasteiger partial charge is 0.486 e. The van der Waals surface area contributed by atoms with E-state index in [-0.39, 0.29) is 12.7 Å². The molecular formula is C16H23NO4. The first-order chi connectivity index (χ1) is 10.2. The minimum atomic E-state index is -0.512. The van der Waals surface area contributed by atoms with Crippen molar-refractivity contribution in [1.82, 2.24) is 5.32 Å². The van der Waals surface area contributed by atoms with Crippen molar-refractivity contribution in [1.29, 1.82) is 0 Å². The van der Waals surface area contributed by atoms with Crippen LogP contribution in [0, 0.1) is 0 Å². The Balaban J connectivity index is 1.74. The van der Waals surface area contributed by atoms with Gasteiger partial charge in [-0.15, -0.1) is 0 Å². The minimum absolute atomic E-state index is 0.0133. The van der Waals surface area contributed by atoms with Crippen molar-refractivity contribution in [2.24, 2.45) is 0 Å². The van der Waals surface area contributed by atoms with Crippen molar-refractivity contribution in [3.63, 3.8) is 0 Å². The zero-order valence-electron chi connectivity index (χ0n) is 12.4. The number of aliphatic hydroxyl groups is 1. The van der Waals surface area contributed by atoms with Crippen LogP contribution in [0.3, 0.4) is 0 Å². The molecule has 5 nitrogen and oxygen atoms in total. The van der Waals surface area contributed by atoms with Crippen LogP contribution in [0.1, 0.15) is 25.3 Å². The maximum absolute atomic E-state index is 9.84. The summed E-state index contributed by atoms with van der Waals surface area (Å²) in [5, 5.41) is 13.3. The Morgan fingerprint density at radius 2 is 2.05 bits per heavy atom. The Bertz CT molecular complexity index is 487. The summed E-state index contributed by atoms with van der Waals surface area (Å²) in [5.41, 5.74) is 0.481. The van der Waals surface area contributed by atoms with Gasteiger partial charge in [0.05, 0.1) is 18.2 Å². The number of ether oxygens (including phenoxy) is 3. The summed E-state index contributed by atoms with van der Waals surface area (Å²) in [4.78, 5) is 0. The van der Waals surface area contributed by atoms with Gasteiger partial charge in [0, 0.05) is 13.2 Å². The maximum atomic E-state index is 9.84. The molecule has 2 atom stereocenters. The predicted octanol–water partition coefficient (Wildman–Crippen LogP) is 1.43. The monoisotopic (exact) mass is 293 g/mol. The predicted molar refractivity (Wildman–Crippen MR) is 78.8 cm³/mol. The number of aliphatic hydroxyl groups excluding tert-OH is 1. The average molecular weight is 293 g/mol. The molecule has 2 aliphatic rings. The standard InChI is InChI=1S/C16H23NO4/c1-16(11-18,17-10-13-3-2-6-19-13)12-4-5-14-15(9-12)21-8-7-20-14/h4-5,9,13,17-18H,2-3,6-8,10-11H2,1H3. The molecule has 0 bridgehead atoms. The summed E-state index contributed by atoms with van der Waals surface area (Å²) < 4.78 is 16.8. The third kappa shape index (κ3) is 3.15. The fraction of sp³-hybridized carbons (Fsp3) is 0.625. The van der Waals surface area contributed by atoms with Crippen molar-refractivity contribution in [2.75, 3.05) is 33.0 Å². The number of benzene rings is 1. The molecule has 1 saturated heterocycles. The van der Waals surface area contributed by atoms with E-state index in [1.807, 2.05) is 25.1 Å². The van der Waals surface area contributed by atoms with Crippen LogP contribution in [0.2, 0.25) is 0 Å². The SMILES string of the molecule is CC(CO)(NCC1CCCO1)c1ccc2c(c1)OCCO2. The van der Waals surface area contributed by atoms with E-state index in [2.05, 4.69) is 5.32 Å². The Morgan fingerprint density at radius 3 is 2.76 bits per heavy atom. The summed E-state index contributed by atoms with van der Waals surface area (Å²) in [5.74, 6) is 1.52. The molecule has 116 valence electrons. The van der Waals surface area contributed by atoms with Crippen molar-refractivity contribution in [3.05, 3.63) is 23.8 Å². The van der Waals surface area contributed by atoms with Crippen LogP contribution >= 0.6 is 0 Å². The fourth-order valence-corrected chi connectivity index (χ4v) is 2.78. The number of hydrogen-bond acceptors (Lipinski definition) is 5. The summed E-state index contributed by atoms with van der Waals surface area (Å²) in [6.45, 7) is 4.74. The number of nitrogens with one attached hydrogen (secondary N) is 1. The molecule has 0 aliphatic carbocycles. The average Bonchev–Trinajstić information content (AvgIpc) is 3.05. The van der Waals surface area contributed by atoms with Gasteiger partial charge in [-0.05, 0) is 37.5 Å². The zero-order valence-corrected chi connectivity index (χ0v) is 12.4. The third-order valence-corrected chi connectivity index (χ3v) is 4.24. The summed E-state index contributed by atoms with van der Waals surface area (Å²) >= 11 is 0. The molecule has 0 saturated carbocycles. The summed E-state index contributed by atoms with van der Waals surface area (Å²) in [7, 11) is 0. The van der Waals surface area contributed by atoms with Gasteiger partial charge in [-0.1, -0.05) is 6.07 Å². The quantitative estimate of drug-likeness (QED) is 0.860. The topological polar surface area (TPSA) is 60.0 Å². The lowest BCUT2D eigenvalue weighted by atomic mass is 9.92. The molecule has 1 fully saturated rings. The summed E-state index contributed by atoms with van der Waals surface area (Å²) in [6, 6.07) is 5.84. The molecule has 0 spiro atoms. The van der Waals surface area contributed by atoms with Crippen molar-refractivity contribution >= 4 is 0 Å². The van der Waals surface area contributed by atoms with Crippen LogP contribution in [-0.2, 0) is 10.3 Å². The number of rotatable bonds is 5. The highest BCUT2D eigenvalue weighted by Gasteiger charge is 2.29. The highest BCUT2D eigenvalue weighted by molar-refractivity contribution is 5.45. The van der Waals surface area contributed by atoms with Crippen LogP contribution in [0.5, 0.6) is 11.5 Å². The Labute approximate surface area is 125 Å². The van der Waals surface area contributed by atoms with Gasteiger partial charge in [-0.2, -0.15) is 0 Å². The van der Waals surface area contributed by atoms with E-state index in [4.69, 9.17) is 14.2 Å². The van der Waals surface area contributed by atoms with Gasteiger partial charge >= 0.3 is 0 Å². The molecule has 0 radical (unpaired) electrons. The van der Waals surface area contributed by atoms with Gasteiger partial charge in [-0.3, -0.25) is 0 Å².